The Morgan fingerprint density at radius 3 is 2.37 bits per heavy atom. The van der Waals surface area contributed by atoms with E-state index in [2.05, 4.69) is 27.5 Å². The number of nitrogens with zero attached hydrogens (tertiary/aromatic N) is 1. The number of likely N-dealkylation sites (tertiary alicyclic amines) is 1. The Morgan fingerprint density at radius 2 is 1.74 bits per heavy atom. The van der Waals surface area contributed by atoms with Crippen molar-refractivity contribution in [2.24, 2.45) is 0 Å². The first-order valence-corrected chi connectivity index (χ1v) is 8.11. The van der Waals surface area contributed by atoms with Crippen molar-refractivity contribution in [3.63, 3.8) is 0 Å². The second-order valence-corrected chi connectivity index (χ2v) is 6.38. The first kappa shape index (κ1) is 15.1. The lowest BCUT2D eigenvalue weighted by Gasteiger charge is -2.23. The van der Waals surface area contributed by atoms with Gasteiger partial charge in [0.15, 0.2) is 0 Å². The minimum Gasteiger partial charge on any atom is -0.491 e. The van der Waals surface area contributed by atoms with Gasteiger partial charge in [-0.1, -0.05) is 12.8 Å². The Labute approximate surface area is 129 Å². The third-order valence-corrected chi connectivity index (χ3v) is 4.14. The highest BCUT2D eigenvalue weighted by Gasteiger charge is 2.14. The van der Waals surface area contributed by atoms with Gasteiger partial charge in [0.25, 0.3) is 0 Å². The molecule has 0 saturated carbocycles. The molecule has 1 heterocycles. The van der Waals surface area contributed by atoms with E-state index in [1.807, 2.05) is 24.3 Å². The average Bonchev–Trinajstić information content (AvgIpc) is 2.67. The van der Waals surface area contributed by atoms with Crippen molar-refractivity contribution in [2.75, 3.05) is 26.2 Å². The van der Waals surface area contributed by atoms with Crippen LogP contribution in [0.1, 0.15) is 25.7 Å². The Hall–Kier alpha value is -0.330. The van der Waals surface area contributed by atoms with Crippen LogP contribution in [-0.4, -0.2) is 42.4 Å². The van der Waals surface area contributed by atoms with Gasteiger partial charge in [0.1, 0.15) is 18.5 Å². The summed E-state index contributed by atoms with van der Waals surface area (Å²) in [6, 6.07) is 7.91. The Bertz CT molecular complexity index is 361. The summed E-state index contributed by atoms with van der Waals surface area (Å²) < 4.78 is 6.81. The second-order valence-electron chi connectivity index (χ2n) is 5.13. The lowest BCUT2D eigenvalue weighted by atomic mass is 10.2. The van der Waals surface area contributed by atoms with E-state index in [4.69, 9.17) is 4.74 Å². The molecule has 1 atom stereocenters. The van der Waals surface area contributed by atoms with Gasteiger partial charge in [-0.05, 0) is 72.8 Å². The predicted molar refractivity (Wildman–Crippen MR) is 85.6 cm³/mol. The minimum atomic E-state index is -0.405. The molecule has 1 fully saturated rings. The van der Waals surface area contributed by atoms with Crippen molar-refractivity contribution < 1.29 is 9.84 Å². The molecule has 0 radical (unpaired) electrons. The zero-order chi connectivity index (χ0) is 13.5. The summed E-state index contributed by atoms with van der Waals surface area (Å²) in [5.41, 5.74) is 0. The third-order valence-electron chi connectivity index (χ3n) is 3.42. The van der Waals surface area contributed by atoms with Gasteiger partial charge in [-0.15, -0.1) is 0 Å². The molecule has 1 unspecified atom stereocenters. The number of β-amino-alcohol motifs (C(OH)–C–C–N with tert-alkyl or cyclic N) is 1. The summed E-state index contributed by atoms with van der Waals surface area (Å²) >= 11 is 2.27. The molecule has 0 bridgehead atoms. The van der Waals surface area contributed by atoms with Gasteiger partial charge in [0, 0.05) is 10.1 Å². The average molecular weight is 375 g/mol. The zero-order valence-electron chi connectivity index (χ0n) is 11.2. The van der Waals surface area contributed by atoms with Gasteiger partial charge in [0.05, 0.1) is 0 Å². The molecule has 0 aliphatic carbocycles. The topological polar surface area (TPSA) is 32.7 Å². The normalized spacial score (nSPS) is 18.8. The maximum absolute atomic E-state index is 10.0. The Morgan fingerprint density at radius 1 is 1.11 bits per heavy atom. The Balaban J connectivity index is 1.71. The highest BCUT2D eigenvalue weighted by atomic mass is 127. The van der Waals surface area contributed by atoms with Crippen LogP contribution in [0.5, 0.6) is 5.75 Å². The molecule has 1 aromatic carbocycles. The van der Waals surface area contributed by atoms with Crippen molar-refractivity contribution in [1.29, 1.82) is 0 Å². The second kappa shape index (κ2) is 8.07. The molecule has 1 aliphatic heterocycles. The van der Waals surface area contributed by atoms with Crippen LogP contribution in [0.4, 0.5) is 0 Å². The molecule has 1 aliphatic rings. The van der Waals surface area contributed by atoms with Crippen LogP contribution >= 0.6 is 22.6 Å². The Kier molecular flexibility index (Phi) is 6.40. The number of ether oxygens (including phenoxy) is 1. The lowest BCUT2D eigenvalue weighted by Crippen LogP contribution is -2.36. The fraction of sp³-hybridized carbons (Fsp3) is 0.600. The van der Waals surface area contributed by atoms with Crippen LogP contribution in [0.25, 0.3) is 0 Å². The van der Waals surface area contributed by atoms with Crippen molar-refractivity contribution in [2.45, 2.75) is 31.8 Å². The van der Waals surface area contributed by atoms with Gasteiger partial charge in [-0.2, -0.15) is 0 Å². The molecule has 0 spiro atoms. The summed E-state index contributed by atoms with van der Waals surface area (Å²) in [5, 5.41) is 10.0. The number of aliphatic hydroxyl groups excluding tert-OH is 1. The maximum Gasteiger partial charge on any atom is 0.119 e. The van der Waals surface area contributed by atoms with Crippen LogP contribution in [0.15, 0.2) is 24.3 Å². The summed E-state index contributed by atoms with van der Waals surface area (Å²) in [6.07, 6.45) is 4.75. The number of benzene rings is 1. The van der Waals surface area contributed by atoms with E-state index in [0.717, 1.165) is 25.4 Å². The molecule has 4 heteroatoms. The molecule has 2 rings (SSSR count). The van der Waals surface area contributed by atoms with Gasteiger partial charge in [0.2, 0.25) is 0 Å². The van der Waals surface area contributed by atoms with E-state index < -0.39 is 6.10 Å². The van der Waals surface area contributed by atoms with Crippen molar-refractivity contribution in [1.82, 2.24) is 4.90 Å². The minimum absolute atomic E-state index is 0.372. The monoisotopic (exact) mass is 375 g/mol. The van der Waals surface area contributed by atoms with E-state index in [1.165, 1.54) is 29.3 Å². The maximum atomic E-state index is 10.0. The van der Waals surface area contributed by atoms with Crippen LogP contribution in [0.2, 0.25) is 0 Å². The molecule has 0 aromatic heterocycles. The van der Waals surface area contributed by atoms with Crippen LogP contribution in [0.3, 0.4) is 0 Å². The first-order chi connectivity index (χ1) is 9.24. The van der Waals surface area contributed by atoms with E-state index in [0.29, 0.717) is 6.61 Å². The molecule has 19 heavy (non-hydrogen) atoms. The molecule has 3 nitrogen and oxygen atoms in total. The first-order valence-electron chi connectivity index (χ1n) is 7.03. The van der Waals surface area contributed by atoms with Crippen LogP contribution in [-0.2, 0) is 0 Å². The molecule has 1 N–H and O–H groups in total. The quantitative estimate of drug-likeness (QED) is 0.804. The number of hydrogen-bond acceptors (Lipinski definition) is 3. The zero-order valence-corrected chi connectivity index (χ0v) is 13.4. The summed E-state index contributed by atoms with van der Waals surface area (Å²) in [7, 11) is 0. The molecule has 106 valence electrons. The molecule has 1 saturated heterocycles. The van der Waals surface area contributed by atoms with E-state index >= 15 is 0 Å². The van der Waals surface area contributed by atoms with E-state index in [-0.39, 0.29) is 0 Å². The van der Waals surface area contributed by atoms with Gasteiger partial charge >= 0.3 is 0 Å². The van der Waals surface area contributed by atoms with Gasteiger partial charge in [-0.3, -0.25) is 0 Å². The van der Waals surface area contributed by atoms with Crippen molar-refractivity contribution in [3.05, 3.63) is 27.8 Å². The SMILES string of the molecule is OC(COc1ccc(I)cc1)CN1CCCCCC1. The lowest BCUT2D eigenvalue weighted by molar-refractivity contribution is 0.0693. The summed E-state index contributed by atoms with van der Waals surface area (Å²) in [5.74, 6) is 0.829. The fourth-order valence-electron chi connectivity index (χ4n) is 2.39. The predicted octanol–water partition coefficient (Wildman–Crippen LogP) is 2.91. The largest absolute Gasteiger partial charge is 0.491 e. The summed E-state index contributed by atoms with van der Waals surface area (Å²) in [6.45, 7) is 3.32. The molecular formula is C15H22INO2. The molecule has 0 amide bonds. The molecular weight excluding hydrogens is 353 g/mol. The smallest absolute Gasteiger partial charge is 0.119 e. The standard InChI is InChI=1S/C15H22INO2/c16-13-5-7-15(8-6-13)19-12-14(18)11-17-9-3-1-2-4-10-17/h5-8,14,18H,1-4,9-12H2. The van der Waals surface area contributed by atoms with E-state index in [9.17, 15) is 5.11 Å². The van der Waals surface area contributed by atoms with Crippen LogP contribution < -0.4 is 4.74 Å². The molecule has 1 aromatic rings. The van der Waals surface area contributed by atoms with E-state index in [1.54, 1.807) is 0 Å². The third kappa shape index (κ3) is 5.67. The fourth-order valence-corrected chi connectivity index (χ4v) is 2.75. The summed E-state index contributed by atoms with van der Waals surface area (Å²) in [4.78, 5) is 2.36. The van der Waals surface area contributed by atoms with Gasteiger partial charge in [-0.25, -0.2) is 0 Å². The highest BCUT2D eigenvalue weighted by Crippen LogP contribution is 2.14. The van der Waals surface area contributed by atoms with Crippen molar-refractivity contribution >= 4 is 22.6 Å². The number of halogens is 1. The number of aliphatic hydroxyl groups is 1. The number of rotatable bonds is 5. The highest BCUT2D eigenvalue weighted by molar-refractivity contribution is 14.1. The van der Waals surface area contributed by atoms with Crippen LogP contribution in [0, 0.1) is 3.57 Å². The number of hydrogen-bond donors (Lipinski definition) is 1. The van der Waals surface area contributed by atoms with Crippen molar-refractivity contribution in [3.8, 4) is 5.75 Å². The van der Waals surface area contributed by atoms with Gasteiger partial charge < -0.3 is 14.7 Å².